The Morgan fingerprint density at radius 1 is 1.14 bits per heavy atom. The second kappa shape index (κ2) is 5.54. The largest absolute Gasteiger partial charge is 0.392 e. The zero-order chi connectivity index (χ0) is 14.2. The number of aliphatic hydroxyl groups excluding tert-OH is 1. The van der Waals surface area contributed by atoms with Gasteiger partial charge < -0.3 is 15.3 Å². The summed E-state index contributed by atoms with van der Waals surface area (Å²) in [5, 5.41) is 22.0. The summed E-state index contributed by atoms with van der Waals surface area (Å²) >= 11 is 0. The number of anilines is 1. The van der Waals surface area contributed by atoms with E-state index in [0.717, 1.165) is 50.4 Å². The fraction of sp³-hybridized carbons (Fsp3) is 0.750. The minimum atomic E-state index is -0.137. The van der Waals surface area contributed by atoms with Gasteiger partial charge in [-0.15, -0.1) is 5.10 Å². The fourth-order valence-electron chi connectivity index (χ4n) is 3.48. The number of aliphatic hydroxyl groups is 1. The van der Waals surface area contributed by atoms with Gasteiger partial charge in [0.2, 0.25) is 0 Å². The molecule has 21 heavy (non-hydrogen) atoms. The van der Waals surface area contributed by atoms with Crippen LogP contribution in [0.2, 0.25) is 0 Å². The third kappa shape index (κ3) is 2.90. The van der Waals surface area contributed by atoms with Gasteiger partial charge in [-0.3, -0.25) is 0 Å². The van der Waals surface area contributed by atoms with Crippen molar-refractivity contribution in [2.24, 2.45) is 5.92 Å². The Hall–Kier alpha value is -1.20. The molecule has 0 radical (unpaired) electrons. The van der Waals surface area contributed by atoms with Crippen LogP contribution in [0, 0.1) is 5.92 Å². The molecule has 3 aliphatic rings. The second-order valence-electron chi connectivity index (χ2n) is 6.87. The predicted molar refractivity (Wildman–Crippen MR) is 81.4 cm³/mol. The zero-order valence-electron chi connectivity index (χ0n) is 12.4. The first-order chi connectivity index (χ1) is 10.3. The van der Waals surface area contributed by atoms with Gasteiger partial charge in [0.1, 0.15) is 0 Å². The summed E-state index contributed by atoms with van der Waals surface area (Å²) in [4.78, 5) is 2.29. The maximum Gasteiger partial charge on any atom is 0.151 e. The number of aromatic nitrogens is 2. The average Bonchev–Trinajstić information content (AvgIpc) is 3.22. The molecule has 1 aromatic heterocycles. The standard InChI is InChI=1S/C16H24N4O/c21-15-3-1-2-14(15)17-8-11-9-20(10-11)16-7-6-13(18-19-16)12-4-5-12/h6-7,11-12,14-15,17,21H,1-5,8-10H2. The lowest BCUT2D eigenvalue weighted by Crippen LogP contribution is -2.53. The third-order valence-electron chi connectivity index (χ3n) is 5.10. The minimum Gasteiger partial charge on any atom is -0.392 e. The van der Waals surface area contributed by atoms with Crippen LogP contribution in [-0.2, 0) is 0 Å². The molecular weight excluding hydrogens is 264 g/mol. The van der Waals surface area contributed by atoms with E-state index >= 15 is 0 Å². The third-order valence-corrected chi connectivity index (χ3v) is 5.10. The first-order valence-electron chi connectivity index (χ1n) is 8.29. The van der Waals surface area contributed by atoms with Crippen molar-refractivity contribution in [3.8, 4) is 0 Å². The van der Waals surface area contributed by atoms with Crippen LogP contribution in [0.4, 0.5) is 5.82 Å². The quantitative estimate of drug-likeness (QED) is 0.855. The van der Waals surface area contributed by atoms with Crippen LogP contribution in [0.5, 0.6) is 0 Å². The van der Waals surface area contributed by atoms with Crippen LogP contribution < -0.4 is 10.2 Å². The smallest absolute Gasteiger partial charge is 0.151 e. The maximum atomic E-state index is 9.81. The Morgan fingerprint density at radius 2 is 2.00 bits per heavy atom. The molecule has 0 bridgehead atoms. The molecule has 3 fully saturated rings. The lowest BCUT2D eigenvalue weighted by molar-refractivity contribution is 0.145. The monoisotopic (exact) mass is 288 g/mol. The van der Waals surface area contributed by atoms with E-state index in [4.69, 9.17) is 0 Å². The Balaban J connectivity index is 1.23. The van der Waals surface area contributed by atoms with Crippen LogP contribution in [-0.4, -0.2) is 47.1 Å². The van der Waals surface area contributed by atoms with Gasteiger partial charge in [-0.25, -0.2) is 0 Å². The van der Waals surface area contributed by atoms with E-state index < -0.39 is 0 Å². The van der Waals surface area contributed by atoms with Crippen molar-refractivity contribution >= 4 is 5.82 Å². The summed E-state index contributed by atoms with van der Waals surface area (Å²) in [6, 6.07) is 4.57. The number of nitrogens with one attached hydrogen (secondary N) is 1. The average molecular weight is 288 g/mol. The highest BCUT2D eigenvalue weighted by Crippen LogP contribution is 2.38. The first kappa shape index (κ1) is 13.5. The molecule has 2 heterocycles. The lowest BCUT2D eigenvalue weighted by Gasteiger charge is -2.40. The highest BCUT2D eigenvalue weighted by Gasteiger charge is 2.31. The summed E-state index contributed by atoms with van der Waals surface area (Å²) in [5.41, 5.74) is 1.16. The summed E-state index contributed by atoms with van der Waals surface area (Å²) < 4.78 is 0. The van der Waals surface area contributed by atoms with Gasteiger partial charge in [-0.2, -0.15) is 5.10 Å². The summed E-state index contributed by atoms with van der Waals surface area (Å²) in [7, 11) is 0. The molecule has 4 rings (SSSR count). The van der Waals surface area contributed by atoms with E-state index in [2.05, 4.69) is 32.5 Å². The molecule has 2 unspecified atom stereocenters. The Labute approximate surface area is 125 Å². The van der Waals surface area contributed by atoms with E-state index in [1.807, 2.05) is 0 Å². The highest BCUT2D eigenvalue weighted by atomic mass is 16.3. The summed E-state index contributed by atoms with van der Waals surface area (Å²) in [6.45, 7) is 3.10. The van der Waals surface area contributed by atoms with Crippen molar-refractivity contribution in [3.05, 3.63) is 17.8 Å². The molecule has 114 valence electrons. The minimum absolute atomic E-state index is 0.137. The zero-order valence-corrected chi connectivity index (χ0v) is 12.4. The number of hydrogen-bond acceptors (Lipinski definition) is 5. The Bertz CT molecular complexity index is 482. The van der Waals surface area contributed by atoms with Crippen molar-refractivity contribution in [3.63, 3.8) is 0 Å². The maximum absolute atomic E-state index is 9.81. The molecule has 1 saturated heterocycles. The Morgan fingerprint density at radius 3 is 2.62 bits per heavy atom. The molecule has 0 aromatic carbocycles. The van der Waals surface area contributed by atoms with E-state index in [1.165, 1.54) is 12.8 Å². The Kier molecular flexibility index (Phi) is 3.55. The van der Waals surface area contributed by atoms with Gasteiger partial charge in [0, 0.05) is 37.5 Å². The first-order valence-corrected chi connectivity index (χ1v) is 8.29. The van der Waals surface area contributed by atoms with Gasteiger partial charge in [-0.05, 0) is 44.2 Å². The van der Waals surface area contributed by atoms with Crippen LogP contribution in [0.3, 0.4) is 0 Å². The van der Waals surface area contributed by atoms with Crippen molar-refractivity contribution < 1.29 is 5.11 Å². The number of hydrogen-bond donors (Lipinski definition) is 2. The molecule has 2 N–H and O–H groups in total. The fourth-order valence-corrected chi connectivity index (χ4v) is 3.48. The highest BCUT2D eigenvalue weighted by molar-refractivity contribution is 5.41. The summed E-state index contributed by atoms with van der Waals surface area (Å²) in [5.74, 6) is 2.36. The van der Waals surface area contributed by atoms with Crippen molar-refractivity contribution in [2.45, 2.75) is 50.2 Å². The SMILES string of the molecule is OC1CCCC1NCC1CN(c2ccc(C3CC3)nn2)C1. The molecule has 2 atom stereocenters. The molecule has 1 aromatic rings. The number of rotatable bonds is 5. The molecule has 2 saturated carbocycles. The van der Waals surface area contributed by atoms with Crippen molar-refractivity contribution in [1.82, 2.24) is 15.5 Å². The van der Waals surface area contributed by atoms with Crippen molar-refractivity contribution in [1.29, 1.82) is 0 Å². The molecule has 1 aliphatic heterocycles. The van der Waals surface area contributed by atoms with E-state index in [-0.39, 0.29) is 6.10 Å². The topological polar surface area (TPSA) is 61.3 Å². The van der Waals surface area contributed by atoms with Crippen LogP contribution in [0.1, 0.15) is 43.7 Å². The van der Waals surface area contributed by atoms with Gasteiger partial charge in [0.05, 0.1) is 11.8 Å². The summed E-state index contributed by atoms with van der Waals surface area (Å²) in [6.07, 6.45) is 5.64. The molecule has 0 amide bonds. The molecule has 5 nitrogen and oxygen atoms in total. The van der Waals surface area contributed by atoms with Gasteiger partial charge >= 0.3 is 0 Å². The molecule has 2 aliphatic carbocycles. The van der Waals surface area contributed by atoms with E-state index in [9.17, 15) is 5.11 Å². The van der Waals surface area contributed by atoms with Crippen molar-refractivity contribution in [2.75, 3.05) is 24.5 Å². The predicted octanol–water partition coefficient (Wildman–Crippen LogP) is 1.29. The number of nitrogens with zero attached hydrogens (tertiary/aromatic N) is 3. The molecule has 0 spiro atoms. The molecule has 5 heteroatoms. The van der Waals surface area contributed by atoms with Crippen LogP contribution in [0.15, 0.2) is 12.1 Å². The van der Waals surface area contributed by atoms with Crippen LogP contribution in [0.25, 0.3) is 0 Å². The second-order valence-corrected chi connectivity index (χ2v) is 6.87. The van der Waals surface area contributed by atoms with Crippen LogP contribution >= 0.6 is 0 Å². The van der Waals surface area contributed by atoms with E-state index in [0.29, 0.717) is 17.9 Å². The normalized spacial score (nSPS) is 29.7. The van der Waals surface area contributed by atoms with Gasteiger partial charge in [0.15, 0.2) is 5.82 Å². The van der Waals surface area contributed by atoms with Gasteiger partial charge in [-0.1, -0.05) is 0 Å². The van der Waals surface area contributed by atoms with Gasteiger partial charge in [0.25, 0.3) is 0 Å². The van der Waals surface area contributed by atoms with E-state index in [1.54, 1.807) is 0 Å². The molecular formula is C16H24N4O. The lowest BCUT2D eigenvalue weighted by atomic mass is 9.99.